The van der Waals surface area contributed by atoms with Crippen molar-refractivity contribution in [3.63, 3.8) is 0 Å². The topological polar surface area (TPSA) is 41.6 Å². The van der Waals surface area contributed by atoms with Gasteiger partial charge in [-0.1, -0.05) is 6.92 Å². The minimum absolute atomic E-state index is 0.116. The summed E-state index contributed by atoms with van der Waals surface area (Å²) < 4.78 is 5.01. The largest absolute Gasteiger partial charge is 0.468 e. The maximum atomic E-state index is 12.1. The number of hydrogen-bond donors (Lipinski definition) is 1. The van der Waals surface area contributed by atoms with Crippen molar-refractivity contribution in [2.24, 2.45) is 5.92 Å². The van der Waals surface area contributed by atoms with Gasteiger partial charge in [0.1, 0.15) is 5.54 Å². The average Bonchev–Trinajstić information content (AvgIpc) is 3.25. The van der Waals surface area contributed by atoms with Crippen molar-refractivity contribution < 1.29 is 9.53 Å². The lowest BCUT2D eigenvalue weighted by molar-refractivity contribution is -0.148. The molecular weight excluding hydrogens is 264 g/mol. The Morgan fingerprint density at radius 1 is 1.29 bits per heavy atom. The summed E-state index contributed by atoms with van der Waals surface area (Å²) in [6, 6.07) is 1.20. The molecule has 2 rings (SSSR count). The van der Waals surface area contributed by atoms with Crippen LogP contribution in [-0.4, -0.2) is 48.7 Å². The van der Waals surface area contributed by atoms with Gasteiger partial charge in [0.2, 0.25) is 0 Å². The fourth-order valence-corrected chi connectivity index (χ4v) is 3.46. The first-order chi connectivity index (χ1) is 9.94. The summed E-state index contributed by atoms with van der Waals surface area (Å²) in [5.41, 5.74) is -0.513. The Morgan fingerprint density at radius 2 is 2.00 bits per heavy atom. The van der Waals surface area contributed by atoms with Crippen LogP contribution in [0.1, 0.15) is 59.3 Å². The molecule has 4 heteroatoms. The summed E-state index contributed by atoms with van der Waals surface area (Å²) in [6.07, 6.45) is 6.92. The first-order valence-corrected chi connectivity index (χ1v) is 8.55. The van der Waals surface area contributed by atoms with E-state index < -0.39 is 5.54 Å². The Kier molecular flexibility index (Phi) is 5.67. The third-order valence-electron chi connectivity index (χ3n) is 5.10. The van der Waals surface area contributed by atoms with Crippen molar-refractivity contribution in [2.45, 2.75) is 76.9 Å². The second kappa shape index (κ2) is 7.10. The summed E-state index contributed by atoms with van der Waals surface area (Å²) in [6.45, 7) is 8.95. The van der Waals surface area contributed by atoms with Gasteiger partial charge in [-0.15, -0.1) is 0 Å². The molecule has 1 N–H and O–H groups in total. The monoisotopic (exact) mass is 296 g/mol. The predicted molar refractivity (Wildman–Crippen MR) is 85.2 cm³/mol. The van der Waals surface area contributed by atoms with Gasteiger partial charge in [0.25, 0.3) is 0 Å². The SMILES string of the molecule is COC(=O)C(C)(CCCN1CC(C)CCC1C)NC1CC1. The Labute approximate surface area is 129 Å². The van der Waals surface area contributed by atoms with Crippen LogP contribution < -0.4 is 5.32 Å². The maximum absolute atomic E-state index is 12.1. The fourth-order valence-electron chi connectivity index (χ4n) is 3.46. The van der Waals surface area contributed by atoms with Gasteiger partial charge in [-0.3, -0.25) is 10.1 Å². The first kappa shape index (κ1) is 16.8. The van der Waals surface area contributed by atoms with E-state index in [1.54, 1.807) is 0 Å². The van der Waals surface area contributed by atoms with E-state index in [-0.39, 0.29) is 5.97 Å². The highest BCUT2D eigenvalue weighted by molar-refractivity contribution is 5.80. The number of nitrogens with zero attached hydrogens (tertiary/aromatic N) is 1. The Morgan fingerprint density at radius 3 is 2.62 bits per heavy atom. The second-order valence-electron chi connectivity index (χ2n) is 7.37. The van der Waals surface area contributed by atoms with Gasteiger partial charge >= 0.3 is 5.97 Å². The van der Waals surface area contributed by atoms with Crippen LogP contribution in [0.25, 0.3) is 0 Å². The van der Waals surface area contributed by atoms with Gasteiger partial charge < -0.3 is 9.64 Å². The molecule has 1 heterocycles. The zero-order valence-electron chi connectivity index (χ0n) is 14.2. The van der Waals surface area contributed by atoms with Crippen molar-refractivity contribution >= 4 is 5.97 Å². The molecule has 4 nitrogen and oxygen atoms in total. The Balaban J connectivity index is 1.82. The van der Waals surface area contributed by atoms with E-state index >= 15 is 0 Å². The minimum Gasteiger partial charge on any atom is -0.468 e. The van der Waals surface area contributed by atoms with Gasteiger partial charge in [0.05, 0.1) is 7.11 Å². The normalized spacial score (nSPS) is 29.9. The van der Waals surface area contributed by atoms with E-state index in [4.69, 9.17) is 4.74 Å². The van der Waals surface area contributed by atoms with Gasteiger partial charge in [-0.25, -0.2) is 0 Å². The lowest BCUT2D eigenvalue weighted by Crippen LogP contribution is -2.51. The number of hydrogen-bond acceptors (Lipinski definition) is 4. The molecule has 2 fully saturated rings. The highest BCUT2D eigenvalue weighted by atomic mass is 16.5. The number of piperidine rings is 1. The minimum atomic E-state index is -0.513. The molecule has 0 aromatic carbocycles. The summed E-state index contributed by atoms with van der Waals surface area (Å²) in [5, 5.41) is 3.48. The summed E-state index contributed by atoms with van der Waals surface area (Å²) in [5.74, 6) is 0.687. The van der Waals surface area contributed by atoms with Gasteiger partial charge in [-0.2, -0.15) is 0 Å². The molecule has 0 radical (unpaired) electrons. The van der Waals surface area contributed by atoms with Crippen LogP contribution in [0, 0.1) is 5.92 Å². The highest BCUT2D eigenvalue weighted by Crippen LogP contribution is 2.27. The number of likely N-dealkylation sites (tertiary alicyclic amines) is 1. The average molecular weight is 296 g/mol. The molecule has 0 aromatic heterocycles. The number of esters is 1. The molecule has 1 saturated carbocycles. The van der Waals surface area contributed by atoms with Crippen LogP contribution in [0.5, 0.6) is 0 Å². The Hall–Kier alpha value is -0.610. The number of carbonyl (C=O) groups is 1. The van der Waals surface area contributed by atoms with Crippen LogP contribution in [-0.2, 0) is 9.53 Å². The van der Waals surface area contributed by atoms with E-state index in [0.717, 1.165) is 25.3 Å². The molecule has 3 unspecified atom stereocenters. The van der Waals surface area contributed by atoms with Crippen molar-refractivity contribution in [3.8, 4) is 0 Å². The van der Waals surface area contributed by atoms with Crippen LogP contribution in [0.3, 0.4) is 0 Å². The van der Waals surface area contributed by atoms with Crippen molar-refractivity contribution in [2.75, 3.05) is 20.2 Å². The fraction of sp³-hybridized carbons (Fsp3) is 0.941. The van der Waals surface area contributed by atoms with Crippen molar-refractivity contribution in [3.05, 3.63) is 0 Å². The standard InChI is InChI=1S/C17H32N2O2/c1-13-6-7-14(2)19(12-13)11-5-10-17(3,16(20)21-4)18-15-8-9-15/h13-15,18H,5-12H2,1-4H3. The zero-order chi connectivity index (χ0) is 15.5. The lowest BCUT2D eigenvalue weighted by Gasteiger charge is -2.37. The van der Waals surface area contributed by atoms with E-state index in [9.17, 15) is 4.79 Å². The molecule has 21 heavy (non-hydrogen) atoms. The number of ether oxygens (including phenoxy) is 1. The third kappa shape index (κ3) is 4.68. The van der Waals surface area contributed by atoms with Crippen LogP contribution in [0.15, 0.2) is 0 Å². The predicted octanol–water partition coefficient (Wildman–Crippen LogP) is 2.57. The van der Waals surface area contributed by atoms with Crippen LogP contribution in [0.2, 0.25) is 0 Å². The summed E-state index contributed by atoms with van der Waals surface area (Å²) >= 11 is 0. The molecule has 0 bridgehead atoms. The highest BCUT2D eigenvalue weighted by Gasteiger charge is 2.39. The van der Waals surface area contributed by atoms with Gasteiger partial charge in [-0.05, 0) is 64.8 Å². The molecule has 3 atom stereocenters. The van der Waals surface area contributed by atoms with Gasteiger partial charge in [0.15, 0.2) is 0 Å². The Bertz CT molecular complexity index is 357. The quantitative estimate of drug-likeness (QED) is 0.733. The number of rotatable bonds is 7. The molecule has 0 spiro atoms. The smallest absolute Gasteiger partial charge is 0.325 e. The van der Waals surface area contributed by atoms with E-state index in [0.29, 0.717) is 12.1 Å². The molecular formula is C17H32N2O2. The molecule has 122 valence electrons. The first-order valence-electron chi connectivity index (χ1n) is 8.55. The van der Waals surface area contributed by atoms with E-state index in [1.807, 2.05) is 6.92 Å². The lowest BCUT2D eigenvalue weighted by atomic mass is 9.92. The maximum Gasteiger partial charge on any atom is 0.325 e. The third-order valence-corrected chi connectivity index (χ3v) is 5.10. The number of nitrogens with one attached hydrogen (secondary N) is 1. The summed E-state index contributed by atoms with van der Waals surface area (Å²) in [4.78, 5) is 14.7. The van der Waals surface area contributed by atoms with E-state index in [2.05, 4.69) is 24.1 Å². The second-order valence-corrected chi connectivity index (χ2v) is 7.37. The molecule has 0 amide bonds. The molecule has 1 aliphatic heterocycles. The van der Waals surface area contributed by atoms with Crippen LogP contribution in [0.4, 0.5) is 0 Å². The van der Waals surface area contributed by atoms with Crippen molar-refractivity contribution in [1.82, 2.24) is 10.2 Å². The van der Waals surface area contributed by atoms with Crippen molar-refractivity contribution in [1.29, 1.82) is 0 Å². The molecule has 0 aromatic rings. The molecule has 1 saturated heterocycles. The number of carbonyl (C=O) groups excluding carboxylic acids is 1. The zero-order valence-corrected chi connectivity index (χ0v) is 14.2. The van der Waals surface area contributed by atoms with Crippen LogP contribution >= 0.6 is 0 Å². The van der Waals surface area contributed by atoms with Gasteiger partial charge in [0, 0.05) is 18.6 Å². The van der Waals surface area contributed by atoms with E-state index in [1.165, 1.54) is 39.3 Å². The summed E-state index contributed by atoms with van der Waals surface area (Å²) in [7, 11) is 1.49. The molecule has 1 aliphatic carbocycles. The number of methoxy groups -OCH3 is 1. The molecule has 2 aliphatic rings.